The molecule has 2 heterocycles. The van der Waals surface area contributed by atoms with Crippen molar-refractivity contribution in [3.05, 3.63) is 44.9 Å². The van der Waals surface area contributed by atoms with Gasteiger partial charge in [-0.25, -0.2) is 9.59 Å². The van der Waals surface area contributed by atoms with Crippen LogP contribution >= 0.6 is 70.6 Å². The minimum atomic E-state index is -0.363. The average Bonchev–Trinajstić information content (AvgIpc) is 3.32. The lowest BCUT2D eigenvalue weighted by molar-refractivity contribution is -0.137. The predicted molar refractivity (Wildman–Crippen MR) is 150 cm³/mol. The number of thioether (sulfide) groups is 6. The molecule has 2 aliphatic heterocycles. The fourth-order valence-electron chi connectivity index (χ4n) is 2.62. The Kier molecular flexibility index (Phi) is 14.0. The molecule has 178 valence electrons. The Bertz CT molecular complexity index is 687. The van der Waals surface area contributed by atoms with E-state index in [0.29, 0.717) is 22.4 Å². The lowest BCUT2D eigenvalue weighted by Crippen LogP contribution is -2.04. The van der Waals surface area contributed by atoms with E-state index in [-0.39, 0.29) is 11.9 Å². The molecule has 0 aromatic carbocycles. The normalized spacial score (nSPS) is 20.6. The van der Waals surface area contributed by atoms with Crippen LogP contribution in [0.25, 0.3) is 0 Å². The summed E-state index contributed by atoms with van der Waals surface area (Å²) in [5.41, 5.74) is 0. The van der Waals surface area contributed by atoms with Gasteiger partial charge in [-0.2, -0.15) is 23.5 Å². The number of esters is 2. The molecule has 0 aromatic heterocycles. The number of hydrogen-bond acceptors (Lipinski definition) is 10. The second kappa shape index (κ2) is 15.8. The zero-order valence-electron chi connectivity index (χ0n) is 18.5. The lowest BCUT2D eigenvalue weighted by Gasteiger charge is -2.10. The zero-order chi connectivity index (χ0) is 23.3. The molecule has 0 spiro atoms. The largest absolute Gasteiger partial charge is 0.457 e. The van der Waals surface area contributed by atoms with Crippen LogP contribution < -0.4 is 0 Å². The van der Waals surface area contributed by atoms with Crippen LogP contribution in [0.2, 0.25) is 0 Å². The van der Waals surface area contributed by atoms with Gasteiger partial charge in [0.05, 0.1) is 9.16 Å². The summed E-state index contributed by atoms with van der Waals surface area (Å²) < 4.78 is 11.3. The van der Waals surface area contributed by atoms with Gasteiger partial charge < -0.3 is 9.47 Å². The Labute approximate surface area is 217 Å². The van der Waals surface area contributed by atoms with Crippen LogP contribution in [0.15, 0.2) is 44.9 Å². The van der Waals surface area contributed by atoms with Gasteiger partial charge in [-0.3, -0.25) is 0 Å². The van der Waals surface area contributed by atoms with E-state index in [2.05, 4.69) is 27.0 Å². The minimum Gasteiger partial charge on any atom is -0.457 e. The second-order valence-electron chi connectivity index (χ2n) is 6.77. The van der Waals surface area contributed by atoms with Gasteiger partial charge in [0.2, 0.25) is 0 Å². The average molecular weight is 551 g/mol. The summed E-state index contributed by atoms with van der Waals surface area (Å²) in [5.74, 6) is 3.86. The van der Waals surface area contributed by atoms with Gasteiger partial charge >= 0.3 is 11.9 Å². The van der Waals surface area contributed by atoms with Crippen LogP contribution in [0.1, 0.15) is 26.7 Å². The van der Waals surface area contributed by atoms with Gasteiger partial charge in [0, 0.05) is 33.5 Å². The maximum Gasteiger partial charge on any atom is 0.330 e. The van der Waals surface area contributed by atoms with E-state index in [9.17, 15) is 9.59 Å². The van der Waals surface area contributed by atoms with Crippen LogP contribution in [0, 0.1) is 0 Å². The number of ether oxygens (including phenoxy) is 2. The Balaban J connectivity index is 1.46. The third-order valence-electron chi connectivity index (χ3n) is 4.31. The van der Waals surface area contributed by atoms with Gasteiger partial charge in [0.15, 0.2) is 0 Å². The van der Waals surface area contributed by atoms with Gasteiger partial charge in [0.1, 0.15) is 13.2 Å². The molecule has 0 bridgehead atoms. The summed E-state index contributed by atoms with van der Waals surface area (Å²) in [5, 5.41) is 0. The van der Waals surface area contributed by atoms with Crippen molar-refractivity contribution in [2.75, 3.05) is 36.2 Å². The molecule has 4 nitrogen and oxygen atoms in total. The third-order valence-corrected chi connectivity index (χ3v) is 13.2. The molecule has 0 amide bonds. The smallest absolute Gasteiger partial charge is 0.330 e. The zero-order valence-corrected chi connectivity index (χ0v) is 23.4. The molecule has 2 aliphatic rings. The van der Waals surface area contributed by atoms with E-state index in [0.717, 1.165) is 11.5 Å². The van der Waals surface area contributed by atoms with Crippen molar-refractivity contribution in [2.24, 2.45) is 0 Å². The van der Waals surface area contributed by atoms with Crippen molar-refractivity contribution in [3.8, 4) is 0 Å². The van der Waals surface area contributed by atoms with Crippen molar-refractivity contribution in [1.29, 1.82) is 0 Å². The van der Waals surface area contributed by atoms with Gasteiger partial charge in [0.25, 0.3) is 0 Å². The molecular formula is C22H30O4S6. The van der Waals surface area contributed by atoms with Crippen LogP contribution in [0.4, 0.5) is 0 Å². The van der Waals surface area contributed by atoms with Crippen molar-refractivity contribution < 1.29 is 19.1 Å². The van der Waals surface area contributed by atoms with E-state index in [1.54, 1.807) is 0 Å². The summed E-state index contributed by atoms with van der Waals surface area (Å²) in [7, 11) is 0. The molecule has 0 N–H and O–H groups in total. The van der Waals surface area contributed by atoms with Crippen LogP contribution in [0.3, 0.4) is 0 Å². The van der Waals surface area contributed by atoms with E-state index >= 15 is 0 Å². The molecule has 0 aromatic rings. The highest BCUT2D eigenvalue weighted by atomic mass is 32.2. The van der Waals surface area contributed by atoms with E-state index in [1.807, 2.05) is 70.6 Å². The number of allylic oxidation sites excluding steroid dienone is 2. The Morgan fingerprint density at radius 1 is 0.812 bits per heavy atom. The molecule has 0 radical (unpaired) electrons. The van der Waals surface area contributed by atoms with Crippen LogP contribution in [0.5, 0.6) is 0 Å². The molecule has 2 rings (SSSR count). The first-order valence-electron chi connectivity index (χ1n) is 10.2. The molecule has 32 heavy (non-hydrogen) atoms. The Morgan fingerprint density at radius 2 is 1.22 bits per heavy atom. The number of carbonyl (C=O) groups is 2. The van der Waals surface area contributed by atoms with Crippen molar-refractivity contribution in [2.45, 2.75) is 35.9 Å². The first-order valence-corrected chi connectivity index (χ1v) is 16.1. The maximum absolute atomic E-state index is 11.2. The molecular weight excluding hydrogens is 521 g/mol. The summed E-state index contributed by atoms with van der Waals surface area (Å²) in [6.07, 6.45) is 4.89. The van der Waals surface area contributed by atoms with Gasteiger partial charge in [-0.1, -0.05) is 13.2 Å². The molecule has 0 fully saturated rings. The number of rotatable bonds is 15. The fraction of sp³-hybridized carbons (Fsp3) is 0.545. The molecule has 0 saturated carbocycles. The van der Waals surface area contributed by atoms with Gasteiger partial charge in [-0.15, -0.1) is 47.0 Å². The summed E-state index contributed by atoms with van der Waals surface area (Å²) in [6.45, 7) is 11.8. The summed E-state index contributed by atoms with van der Waals surface area (Å²) >= 11 is 11.5. The summed E-state index contributed by atoms with van der Waals surface area (Å²) in [4.78, 5) is 27.3. The van der Waals surface area contributed by atoms with E-state index in [1.165, 1.54) is 56.1 Å². The third kappa shape index (κ3) is 10.5. The van der Waals surface area contributed by atoms with Crippen molar-refractivity contribution in [3.63, 3.8) is 0 Å². The predicted octanol–water partition coefficient (Wildman–Crippen LogP) is 6.77. The molecule has 2 unspecified atom stereocenters. The number of unbranched alkanes of at least 4 members (excludes halogenated alkanes) is 1. The number of carbonyl (C=O) groups excluding carboxylic acids is 2. The lowest BCUT2D eigenvalue weighted by atomic mass is 10.4. The quantitative estimate of drug-likeness (QED) is 0.124. The number of hydrogen-bond donors (Lipinski definition) is 0. The van der Waals surface area contributed by atoms with E-state index < -0.39 is 0 Å². The first-order chi connectivity index (χ1) is 15.4. The molecule has 2 atom stereocenters. The van der Waals surface area contributed by atoms with Gasteiger partial charge in [-0.05, 0) is 48.0 Å². The molecule has 0 saturated heterocycles. The highest BCUT2D eigenvalue weighted by molar-refractivity contribution is 8.24. The minimum absolute atomic E-state index is 0.362. The van der Waals surface area contributed by atoms with E-state index in [4.69, 9.17) is 9.47 Å². The standard InChI is InChI=1S/C22H30O4S6/c1-5-19(23)25-11-17-15(3)29-21(31-17)13-27-9-7-8-10-28-14-22-30-16(4)18(32-22)12-26-20(24)6-2/h5-6,21-22H,1-2,7-14H2,3-4H3. The Morgan fingerprint density at radius 3 is 1.59 bits per heavy atom. The topological polar surface area (TPSA) is 52.6 Å². The monoisotopic (exact) mass is 550 g/mol. The maximum atomic E-state index is 11.2. The van der Waals surface area contributed by atoms with Crippen LogP contribution in [-0.2, 0) is 19.1 Å². The second-order valence-corrected chi connectivity index (χ2v) is 15.1. The summed E-state index contributed by atoms with van der Waals surface area (Å²) in [6, 6.07) is 0. The highest BCUT2D eigenvalue weighted by Gasteiger charge is 2.25. The van der Waals surface area contributed by atoms with Crippen molar-refractivity contribution in [1.82, 2.24) is 0 Å². The molecule has 10 heteroatoms. The SMILES string of the molecule is C=CC(=O)OCC1=C(C)SC(CSCCCCSCC2SC(C)=C(COC(=O)C=C)S2)S1. The molecule has 0 aliphatic carbocycles. The van der Waals surface area contributed by atoms with Crippen LogP contribution in [-0.4, -0.2) is 57.3 Å². The Hall–Kier alpha value is -0.000000000000000222. The first kappa shape index (κ1) is 28.2. The fourth-order valence-corrected chi connectivity index (χ4v) is 11.3. The highest BCUT2D eigenvalue weighted by Crippen LogP contribution is 2.47. The van der Waals surface area contributed by atoms with Crippen molar-refractivity contribution >= 4 is 82.5 Å².